The van der Waals surface area contributed by atoms with Gasteiger partial charge < -0.3 is 0 Å². The Morgan fingerprint density at radius 3 is 0.925 bits per heavy atom. The van der Waals surface area contributed by atoms with Crippen LogP contribution in [0.1, 0.15) is 34.6 Å². The second-order valence-corrected chi connectivity index (χ2v) is 35.6. The van der Waals surface area contributed by atoms with Crippen molar-refractivity contribution in [3.8, 4) is 0 Å². The summed E-state index contributed by atoms with van der Waals surface area (Å²) in [6.45, 7) is 0.348. The van der Waals surface area contributed by atoms with Gasteiger partial charge in [-0.15, -0.1) is 0 Å². The minimum atomic E-state index is -4.65. The van der Waals surface area contributed by atoms with E-state index < -0.39 is 189 Å². The third-order valence-electron chi connectivity index (χ3n) is 6.43. The highest BCUT2D eigenvalue weighted by Crippen LogP contribution is 2.25. The molecule has 0 N–H and O–H groups in total. The largest absolute Gasteiger partial charge is 0.349 e. The quantitative estimate of drug-likeness (QED) is 0.162. The van der Waals surface area contributed by atoms with Crippen molar-refractivity contribution in [1.82, 2.24) is 0 Å². The van der Waals surface area contributed by atoms with Crippen molar-refractivity contribution < 1.29 is 152 Å². The Hall–Kier alpha value is -1.08. The van der Waals surface area contributed by atoms with Gasteiger partial charge >= 0.3 is 31.6 Å². The highest BCUT2D eigenvalue weighted by atomic mass is 32.3. The lowest BCUT2D eigenvalue weighted by Crippen LogP contribution is -2.40. The SMILES string of the molecule is C=S1(=O)CS(=O)(=O)OC(C)O1.C=S1(=O)CS(=O)(=O)OCO1.CC1OS(=O)(=O)C(C)S(=O)(=O)O1.CC1S(=O)(=O)OC(F)OS1(=O)=O.CC1S(=O)(=O)OCOS1(=O)=O.O=S1(=O)OCOS(=O)(=O)C1F. The monoisotopic (exact) mass is 1230 g/mol. The Labute approximate surface area is 384 Å². The van der Waals surface area contributed by atoms with E-state index in [1.54, 1.807) is 0 Å². The zero-order chi connectivity index (χ0) is 53.1. The van der Waals surface area contributed by atoms with E-state index in [1.807, 2.05) is 0 Å². The molecule has 402 valence electrons. The summed E-state index contributed by atoms with van der Waals surface area (Å²) in [5.74, 6) is 6.19. The number of rotatable bonds is 0. The number of alkyl halides is 2. The van der Waals surface area contributed by atoms with E-state index in [-0.39, 0.29) is 0 Å². The lowest BCUT2D eigenvalue weighted by Gasteiger charge is -2.23. The van der Waals surface area contributed by atoms with Crippen LogP contribution in [0, 0.1) is 0 Å². The third-order valence-corrected chi connectivity index (χ3v) is 28.8. The summed E-state index contributed by atoms with van der Waals surface area (Å²) >= 11 is 0. The summed E-state index contributed by atoms with van der Waals surface area (Å²) in [5.41, 5.74) is 0. The van der Waals surface area contributed by atoms with Crippen LogP contribution in [0.4, 0.5) is 8.78 Å². The Morgan fingerprint density at radius 2 is 0.642 bits per heavy atom. The van der Waals surface area contributed by atoms with Crippen LogP contribution in [0.3, 0.4) is 0 Å². The van der Waals surface area contributed by atoms with Crippen LogP contribution in [0.5, 0.6) is 0 Å². The molecule has 6 aliphatic rings. The van der Waals surface area contributed by atoms with Crippen molar-refractivity contribution in [2.24, 2.45) is 0 Å². The van der Waals surface area contributed by atoms with Crippen LogP contribution in [0.2, 0.25) is 0 Å². The Kier molecular flexibility index (Phi) is 21.3. The van der Waals surface area contributed by atoms with Gasteiger partial charge in [0, 0.05) is 0 Å². The molecule has 6 saturated heterocycles. The molecule has 6 rings (SSSR count). The minimum Gasteiger partial charge on any atom is -0.267 e. The Bertz CT molecular complexity index is 2830. The average molecular weight is 1230 g/mol. The molecule has 0 amide bonds. The van der Waals surface area contributed by atoms with Gasteiger partial charge in [0.2, 0.25) is 13.7 Å². The molecule has 0 aromatic heterocycles. The lowest BCUT2D eigenvalue weighted by molar-refractivity contribution is -0.0955. The fourth-order valence-corrected chi connectivity index (χ4v) is 18.7. The minimum absolute atomic E-state index is 0.495. The summed E-state index contributed by atoms with van der Waals surface area (Å²) in [7, 11) is -47.3. The molecular weight excluding hydrogens is 1190 g/mol. The van der Waals surface area contributed by atoms with Crippen molar-refractivity contribution in [2.45, 2.75) is 72.3 Å². The molecule has 3 unspecified atom stereocenters. The highest BCUT2D eigenvalue weighted by molar-refractivity contribution is 8.09. The standard InChI is InChI=1S/C4H8O6S2.C4H8O5S2.C3H5FO6S2.C3H6O6S2.C3H6O5S2.C2H3FO6S2/c1-3-9-11(5,6)4(2)12(7,8)10-3;1-4-8-10(2,5)3-11(6,7)9-4;1-2-11(5,6)9-3(4)10-12(2,7)8;1-3-10(4,5)8-2-9-11(3,6)7;1-9(4)3-10(5,6)8-2-7-9;3-2-10(4,5)8-1-9-11(2,6)7/h3-4H,1-2H3;4H,2-3H2,1H3;2-3H,1H3;3H,2H2,1H3;1-3H2;2H,1H2. The molecule has 0 aliphatic carbocycles. The number of hydrogen-bond donors (Lipinski definition) is 0. The van der Waals surface area contributed by atoms with Crippen molar-refractivity contribution in [2.75, 3.05) is 30.5 Å². The molecular formula is C19H36F2O34S12. The predicted molar refractivity (Wildman–Crippen MR) is 214 cm³/mol. The molecule has 34 nitrogen and oxygen atoms in total. The topological polar surface area (TPSA) is 486 Å². The summed E-state index contributed by atoms with van der Waals surface area (Å²) in [6, 6.07) is 0. The molecule has 0 spiro atoms. The zero-order valence-electron chi connectivity index (χ0n) is 33.5. The summed E-state index contributed by atoms with van der Waals surface area (Å²) in [5, 5.41) is -1.32. The molecule has 6 aliphatic heterocycles. The number of hydrogen-bond acceptors (Lipinski definition) is 34. The van der Waals surface area contributed by atoms with E-state index in [1.165, 1.54) is 13.8 Å². The smallest absolute Gasteiger partial charge is 0.267 e. The maximum atomic E-state index is 12.3. The van der Waals surface area contributed by atoms with Crippen molar-refractivity contribution in [3.05, 3.63) is 0 Å². The molecule has 48 heteroatoms. The van der Waals surface area contributed by atoms with Crippen molar-refractivity contribution in [3.63, 3.8) is 0 Å². The van der Waals surface area contributed by atoms with E-state index in [4.69, 9.17) is 0 Å². The van der Waals surface area contributed by atoms with Crippen LogP contribution in [0.25, 0.3) is 0 Å². The van der Waals surface area contributed by atoms with Gasteiger partial charge in [-0.2, -0.15) is 88.6 Å². The molecule has 3 atom stereocenters. The van der Waals surface area contributed by atoms with Gasteiger partial charge in [0.15, 0.2) is 43.1 Å². The molecule has 0 saturated carbocycles. The lowest BCUT2D eigenvalue weighted by atomic mass is 10.8. The number of halogens is 2. The zero-order valence-corrected chi connectivity index (χ0v) is 43.3. The van der Waals surface area contributed by atoms with E-state index >= 15 is 0 Å². The fourth-order valence-electron chi connectivity index (χ4n) is 3.33. The summed E-state index contributed by atoms with van der Waals surface area (Å²) in [6.07, 6.45) is -2.27. The first-order chi connectivity index (χ1) is 29.5. The van der Waals surface area contributed by atoms with Gasteiger partial charge in [-0.3, -0.25) is 8.37 Å². The molecule has 6 heterocycles. The van der Waals surface area contributed by atoms with Crippen molar-refractivity contribution in [1.29, 1.82) is 0 Å². The Morgan fingerprint density at radius 1 is 0.343 bits per heavy atom. The summed E-state index contributed by atoms with van der Waals surface area (Å²) in [4.78, 5) is -3.14. The normalized spacial score (nSPS) is 36.9. The maximum absolute atomic E-state index is 12.3. The van der Waals surface area contributed by atoms with E-state index in [9.17, 15) is 101 Å². The average Bonchev–Trinajstić information content (AvgIpc) is 3.05. The van der Waals surface area contributed by atoms with Gasteiger partial charge in [-0.05, 0) is 46.4 Å². The van der Waals surface area contributed by atoms with Gasteiger partial charge in [-0.1, -0.05) is 0 Å². The van der Waals surface area contributed by atoms with Gasteiger partial charge in [-0.25, -0.2) is 54.6 Å². The second-order valence-electron chi connectivity index (χ2n) is 11.8. The van der Waals surface area contributed by atoms with Crippen molar-refractivity contribution >= 4 is 133 Å². The molecule has 0 radical (unpaired) electrons. The first kappa shape index (κ1) is 63.9. The van der Waals surface area contributed by atoms with Crippen LogP contribution in [0.15, 0.2) is 0 Å². The second kappa shape index (κ2) is 22.4. The summed E-state index contributed by atoms with van der Waals surface area (Å²) < 4.78 is 303. The predicted octanol–water partition coefficient (Wildman–Crippen LogP) is -5.22. The van der Waals surface area contributed by atoms with Crippen LogP contribution in [-0.4, -0.2) is 173 Å². The maximum Gasteiger partial charge on any atom is 0.349 e. The van der Waals surface area contributed by atoms with Crippen LogP contribution in [-0.2, 0) is 171 Å². The third kappa shape index (κ3) is 20.2. The molecule has 0 aromatic rings. The molecule has 67 heavy (non-hydrogen) atoms. The first-order valence-electron chi connectivity index (χ1n) is 15.8. The van der Waals surface area contributed by atoms with Crippen LogP contribution < -0.4 is 0 Å². The molecule has 0 bridgehead atoms. The van der Waals surface area contributed by atoms with Gasteiger partial charge in [0.25, 0.3) is 80.9 Å². The van der Waals surface area contributed by atoms with E-state index in [2.05, 4.69) is 61.9 Å². The van der Waals surface area contributed by atoms with Gasteiger partial charge in [0.1, 0.15) is 0 Å². The van der Waals surface area contributed by atoms with Crippen LogP contribution >= 0.6 is 0 Å². The molecule has 0 aromatic carbocycles. The highest BCUT2D eigenvalue weighted by Gasteiger charge is 2.46. The molecule has 6 fully saturated rings. The first-order valence-corrected chi connectivity index (χ1v) is 34.3. The van der Waals surface area contributed by atoms with Gasteiger partial charge in [0.05, 0.1) is 19.6 Å². The fraction of sp³-hybridized carbons (Fsp3) is 0.895. The Balaban J connectivity index is 0.000000402. The van der Waals surface area contributed by atoms with E-state index in [0.29, 0.717) is 0 Å². The van der Waals surface area contributed by atoms with E-state index in [0.717, 1.165) is 20.8 Å².